The van der Waals surface area contributed by atoms with Crippen LogP contribution in [0.5, 0.6) is 23.0 Å². The number of ether oxygens (including phenoxy) is 2. The van der Waals surface area contributed by atoms with E-state index < -0.39 is 23.8 Å². The Hall–Kier alpha value is -7.24. The van der Waals surface area contributed by atoms with Gasteiger partial charge in [-0.3, -0.25) is 9.59 Å². The molecule has 0 aliphatic carbocycles. The number of carboxylic acids is 2. The standard InChI is InChI=1S/2C24H17NO4.Na/c2*26-23(25-22-8-4-3-7-21(22)24(27)28)17-10-12-19(13-11-17)29-20-14-9-16-5-1-2-6-18(16)15-20;/h2*1-15H,(H,25,26)(H,27,28);/q;;+1/p-1. The van der Waals surface area contributed by atoms with Crippen LogP contribution in [0, 0.1) is 0 Å². The first-order chi connectivity index (χ1) is 28.2. The van der Waals surface area contributed by atoms with Gasteiger partial charge in [0.1, 0.15) is 23.0 Å². The second-order valence-electron chi connectivity index (χ2n) is 12.9. The number of hydrogen-bond donors (Lipinski definition) is 3. The molecule has 0 saturated carbocycles. The number of aromatic carboxylic acids is 2. The van der Waals surface area contributed by atoms with Crippen molar-refractivity contribution in [1.82, 2.24) is 0 Å². The Kier molecular flexibility index (Phi) is 13.5. The normalized spacial score (nSPS) is 10.3. The number of amides is 2. The van der Waals surface area contributed by atoms with Gasteiger partial charge in [-0.25, -0.2) is 4.79 Å². The van der Waals surface area contributed by atoms with E-state index in [1.807, 2.05) is 84.9 Å². The van der Waals surface area contributed by atoms with Crippen molar-refractivity contribution < 1.29 is 68.4 Å². The third-order valence-electron chi connectivity index (χ3n) is 8.95. The molecule has 0 aromatic heterocycles. The molecule has 8 aromatic rings. The number of hydrogen-bond acceptors (Lipinski definition) is 7. The van der Waals surface area contributed by atoms with E-state index in [-0.39, 0.29) is 52.1 Å². The number of fused-ring (bicyclic) bond motifs is 2. The molecule has 11 heteroatoms. The van der Waals surface area contributed by atoms with E-state index in [1.165, 1.54) is 18.2 Å². The summed E-state index contributed by atoms with van der Waals surface area (Å²) < 4.78 is 11.8. The van der Waals surface area contributed by atoms with Gasteiger partial charge in [-0.15, -0.1) is 0 Å². The molecule has 59 heavy (non-hydrogen) atoms. The van der Waals surface area contributed by atoms with Gasteiger partial charge in [-0.05, 0) is 113 Å². The minimum absolute atomic E-state index is 0. The number of anilines is 2. The Morgan fingerprint density at radius 2 is 0.780 bits per heavy atom. The van der Waals surface area contributed by atoms with Crippen LogP contribution in [0.25, 0.3) is 21.5 Å². The average Bonchev–Trinajstić information content (AvgIpc) is 3.24. The smallest absolute Gasteiger partial charge is 0.545 e. The first-order valence-corrected chi connectivity index (χ1v) is 18.0. The molecular formula is C48H33N2NaO8. The number of nitrogens with one attached hydrogen (secondary N) is 2. The van der Waals surface area contributed by atoms with Crippen molar-refractivity contribution in [2.75, 3.05) is 10.6 Å². The van der Waals surface area contributed by atoms with Gasteiger partial charge in [-0.1, -0.05) is 91.0 Å². The zero-order chi connectivity index (χ0) is 40.4. The molecule has 0 spiro atoms. The van der Waals surface area contributed by atoms with Crippen molar-refractivity contribution >= 4 is 56.7 Å². The number of carboxylic acid groups (broad SMARTS) is 2. The van der Waals surface area contributed by atoms with E-state index in [9.17, 15) is 29.4 Å². The molecule has 0 bridgehead atoms. The van der Waals surface area contributed by atoms with Crippen LogP contribution in [0.2, 0.25) is 0 Å². The predicted octanol–water partition coefficient (Wildman–Crippen LogP) is 6.83. The maximum atomic E-state index is 12.5. The molecule has 8 rings (SSSR count). The Morgan fingerprint density at radius 1 is 0.424 bits per heavy atom. The van der Waals surface area contributed by atoms with Crippen molar-refractivity contribution in [2.24, 2.45) is 0 Å². The maximum absolute atomic E-state index is 12.5. The Balaban J connectivity index is 0.000000195. The fourth-order valence-corrected chi connectivity index (χ4v) is 6.02. The number of rotatable bonds is 10. The fraction of sp³-hybridized carbons (Fsp3) is 0. The SMILES string of the molecule is O=C(Nc1ccccc1C(=O)O)c1ccc(Oc2ccc3ccccc3c2)cc1.O=C(Nc1ccccc1C(=O)[O-])c1ccc(Oc2ccc3ccccc3c2)cc1.[Na+]. The van der Waals surface area contributed by atoms with Crippen LogP contribution in [-0.4, -0.2) is 28.9 Å². The third kappa shape index (κ3) is 10.6. The molecule has 0 radical (unpaired) electrons. The van der Waals surface area contributed by atoms with Crippen LogP contribution in [-0.2, 0) is 0 Å². The first-order valence-electron chi connectivity index (χ1n) is 18.0. The molecule has 0 atom stereocenters. The van der Waals surface area contributed by atoms with E-state index >= 15 is 0 Å². The summed E-state index contributed by atoms with van der Waals surface area (Å²) in [6, 6.07) is 53.4. The van der Waals surface area contributed by atoms with E-state index in [4.69, 9.17) is 9.47 Å². The van der Waals surface area contributed by atoms with Gasteiger partial charge in [0, 0.05) is 16.7 Å². The third-order valence-corrected chi connectivity index (χ3v) is 8.95. The summed E-state index contributed by atoms with van der Waals surface area (Å²) in [5, 5.41) is 30.0. The van der Waals surface area contributed by atoms with E-state index in [0.29, 0.717) is 34.1 Å². The number of carbonyl (C=O) groups excluding carboxylic acids is 3. The average molecular weight is 789 g/mol. The van der Waals surface area contributed by atoms with Crippen molar-refractivity contribution in [3.05, 3.63) is 204 Å². The van der Waals surface area contributed by atoms with Crippen LogP contribution in [0.15, 0.2) is 182 Å². The van der Waals surface area contributed by atoms with Crippen LogP contribution >= 0.6 is 0 Å². The van der Waals surface area contributed by atoms with Gasteiger partial charge in [0.2, 0.25) is 0 Å². The summed E-state index contributed by atoms with van der Waals surface area (Å²) in [5.41, 5.74) is 1.18. The predicted molar refractivity (Wildman–Crippen MR) is 221 cm³/mol. The zero-order valence-corrected chi connectivity index (χ0v) is 33.6. The van der Waals surface area contributed by atoms with Gasteiger partial charge in [0.15, 0.2) is 0 Å². The van der Waals surface area contributed by atoms with Crippen molar-refractivity contribution in [1.29, 1.82) is 0 Å². The molecule has 10 nitrogen and oxygen atoms in total. The molecule has 0 unspecified atom stereocenters. The fourth-order valence-electron chi connectivity index (χ4n) is 6.02. The van der Waals surface area contributed by atoms with Gasteiger partial charge < -0.3 is 35.1 Å². The summed E-state index contributed by atoms with van der Waals surface area (Å²) in [4.78, 5) is 47.3. The van der Waals surface area contributed by atoms with Crippen molar-refractivity contribution in [3.8, 4) is 23.0 Å². The number of para-hydroxylation sites is 2. The Labute approximate surface area is 361 Å². The molecule has 8 aromatic carbocycles. The van der Waals surface area contributed by atoms with Crippen LogP contribution in [0.4, 0.5) is 11.4 Å². The molecule has 0 fully saturated rings. The molecule has 2 amide bonds. The summed E-state index contributed by atoms with van der Waals surface area (Å²) in [7, 11) is 0. The van der Waals surface area contributed by atoms with E-state index in [0.717, 1.165) is 21.5 Å². The van der Waals surface area contributed by atoms with E-state index in [1.54, 1.807) is 78.9 Å². The van der Waals surface area contributed by atoms with Gasteiger partial charge in [0.05, 0.1) is 22.9 Å². The monoisotopic (exact) mass is 788 g/mol. The zero-order valence-electron chi connectivity index (χ0n) is 31.6. The van der Waals surface area contributed by atoms with Crippen LogP contribution < -0.4 is 54.8 Å². The minimum atomic E-state index is -1.35. The minimum Gasteiger partial charge on any atom is -0.545 e. The largest absolute Gasteiger partial charge is 1.00 e. The summed E-state index contributed by atoms with van der Waals surface area (Å²) in [5.74, 6) is -0.665. The molecule has 0 aliphatic rings. The molecular weight excluding hydrogens is 756 g/mol. The molecule has 0 saturated heterocycles. The number of carbonyl (C=O) groups is 4. The summed E-state index contributed by atoms with van der Waals surface area (Å²) >= 11 is 0. The Morgan fingerprint density at radius 3 is 1.20 bits per heavy atom. The topological polar surface area (TPSA) is 154 Å². The second kappa shape index (κ2) is 19.3. The number of benzene rings is 8. The molecule has 3 N–H and O–H groups in total. The molecule has 284 valence electrons. The van der Waals surface area contributed by atoms with Crippen molar-refractivity contribution in [3.63, 3.8) is 0 Å². The van der Waals surface area contributed by atoms with Crippen LogP contribution in [0.3, 0.4) is 0 Å². The van der Waals surface area contributed by atoms with Crippen molar-refractivity contribution in [2.45, 2.75) is 0 Å². The maximum Gasteiger partial charge on any atom is 1.00 e. The Bertz CT molecular complexity index is 2600. The summed E-state index contributed by atoms with van der Waals surface area (Å²) in [6.45, 7) is 0. The molecule has 0 aliphatic heterocycles. The first kappa shape index (κ1) is 41.4. The quantitative estimate of drug-likeness (QED) is 0.128. The molecule has 0 heterocycles. The van der Waals surface area contributed by atoms with Gasteiger partial charge in [-0.2, -0.15) is 0 Å². The van der Waals surface area contributed by atoms with Crippen LogP contribution in [0.1, 0.15) is 41.4 Å². The van der Waals surface area contributed by atoms with E-state index in [2.05, 4.69) is 10.6 Å². The second-order valence-corrected chi connectivity index (χ2v) is 12.9. The summed E-state index contributed by atoms with van der Waals surface area (Å²) in [6.07, 6.45) is 0. The van der Waals surface area contributed by atoms with Gasteiger partial charge >= 0.3 is 35.5 Å². The van der Waals surface area contributed by atoms with Gasteiger partial charge in [0.25, 0.3) is 11.8 Å².